The summed E-state index contributed by atoms with van der Waals surface area (Å²) in [5.41, 5.74) is 1.64. The first-order chi connectivity index (χ1) is 10.2. The van der Waals surface area contributed by atoms with Crippen LogP contribution in [0.15, 0.2) is 54.6 Å². The van der Waals surface area contributed by atoms with E-state index in [0.29, 0.717) is 14.9 Å². The smallest absolute Gasteiger partial charge is 0.356 e. The summed E-state index contributed by atoms with van der Waals surface area (Å²) in [6, 6.07) is 16.7. The lowest BCUT2D eigenvalue weighted by Gasteiger charge is -1.98. The van der Waals surface area contributed by atoms with Crippen molar-refractivity contribution in [1.29, 1.82) is 0 Å². The van der Waals surface area contributed by atoms with Crippen molar-refractivity contribution in [2.24, 2.45) is 0 Å². The van der Waals surface area contributed by atoms with Crippen LogP contribution in [0, 0.1) is 0 Å². The number of carboxylic acid groups (broad SMARTS) is 1. The van der Waals surface area contributed by atoms with E-state index in [2.05, 4.69) is 4.98 Å². The van der Waals surface area contributed by atoms with E-state index in [1.54, 1.807) is 6.07 Å². The van der Waals surface area contributed by atoms with Gasteiger partial charge in [-0.25, -0.2) is 9.78 Å². The first-order valence-corrected chi connectivity index (χ1v) is 7.40. The van der Waals surface area contributed by atoms with Crippen LogP contribution in [-0.4, -0.2) is 16.1 Å². The molecule has 0 atom stereocenters. The highest BCUT2D eigenvalue weighted by atomic mass is 35.5. The molecule has 0 spiro atoms. The maximum atomic E-state index is 11.4. The average Bonchev–Trinajstić information content (AvgIpc) is 2.94. The molecule has 0 radical (unpaired) electrons. The van der Waals surface area contributed by atoms with E-state index in [1.807, 2.05) is 48.5 Å². The van der Waals surface area contributed by atoms with E-state index in [9.17, 15) is 9.90 Å². The van der Waals surface area contributed by atoms with Crippen molar-refractivity contribution in [1.82, 2.24) is 4.98 Å². The second kappa shape index (κ2) is 5.68. The van der Waals surface area contributed by atoms with Crippen LogP contribution >= 0.6 is 22.9 Å². The lowest BCUT2D eigenvalue weighted by molar-refractivity contribution is 0.0692. The zero-order valence-corrected chi connectivity index (χ0v) is 12.4. The molecule has 104 valence electrons. The van der Waals surface area contributed by atoms with Crippen molar-refractivity contribution in [3.8, 4) is 21.0 Å². The first-order valence-electron chi connectivity index (χ1n) is 6.21. The monoisotopic (exact) mass is 315 g/mol. The predicted molar refractivity (Wildman–Crippen MR) is 85.0 cm³/mol. The van der Waals surface area contributed by atoms with Gasteiger partial charge in [-0.05, 0) is 11.6 Å². The largest absolute Gasteiger partial charge is 0.476 e. The summed E-state index contributed by atoms with van der Waals surface area (Å²) in [6.07, 6.45) is 0. The lowest BCUT2D eigenvalue weighted by Crippen LogP contribution is -1.98. The van der Waals surface area contributed by atoms with Gasteiger partial charge in [-0.15, -0.1) is 11.3 Å². The highest BCUT2D eigenvalue weighted by Gasteiger charge is 2.20. The molecule has 3 rings (SSSR count). The van der Waals surface area contributed by atoms with Gasteiger partial charge in [0, 0.05) is 5.56 Å². The standard InChI is InChI=1S/C16H10ClNO2S/c17-12-9-5-4-8-11(12)15-18-13(16(19)20)14(21-15)10-6-2-1-3-7-10/h1-9H,(H,19,20). The third-order valence-corrected chi connectivity index (χ3v) is 4.44. The van der Waals surface area contributed by atoms with Gasteiger partial charge >= 0.3 is 5.97 Å². The molecule has 3 nitrogen and oxygen atoms in total. The van der Waals surface area contributed by atoms with E-state index in [0.717, 1.165) is 11.1 Å². The van der Waals surface area contributed by atoms with Gasteiger partial charge in [-0.1, -0.05) is 60.1 Å². The predicted octanol–water partition coefficient (Wildman–Crippen LogP) is 4.83. The topological polar surface area (TPSA) is 50.2 Å². The number of aromatic carboxylic acids is 1. The normalized spacial score (nSPS) is 10.5. The van der Waals surface area contributed by atoms with Crippen molar-refractivity contribution in [2.75, 3.05) is 0 Å². The third kappa shape index (κ3) is 2.68. The number of thiazole rings is 1. The van der Waals surface area contributed by atoms with E-state index >= 15 is 0 Å². The van der Waals surface area contributed by atoms with Crippen LogP contribution < -0.4 is 0 Å². The Morgan fingerprint density at radius 1 is 1.05 bits per heavy atom. The molecule has 0 aliphatic carbocycles. The number of halogens is 1. The zero-order chi connectivity index (χ0) is 14.8. The zero-order valence-electron chi connectivity index (χ0n) is 10.8. The number of benzene rings is 2. The van der Waals surface area contributed by atoms with Crippen LogP contribution in [0.1, 0.15) is 10.5 Å². The van der Waals surface area contributed by atoms with Crippen molar-refractivity contribution in [2.45, 2.75) is 0 Å². The second-order valence-corrected chi connectivity index (χ2v) is 5.75. The molecule has 21 heavy (non-hydrogen) atoms. The van der Waals surface area contributed by atoms with Gasteiger partial charge < -0.3 is 5.11 Å². The summed E-state index contributed by atoms with van der Waals surface area (Å²) >= 11 is 7.50. The molecule has 0 amide bonds. The van der Waals surface area contributed by atoms with Gasteiger partial charge in [0.25, 0.3) is 0 Å². The van der Waals surface area contributed by atoms with Crippen LogP contribution in [0.4, 0.5) is 0 Å². The Morgan fingerprint density at radius 3 is 2.38 bits per heavy atom. The first kappa shape index (κ1) is 13.8. The summed E-state index contributed by atoms with van der Waals surface area (Å²) in [5.74, 6) is -1.04. The molecule has 0 bridgehead atoms. The molecule has 0 saturated carbocycles. The van der Waals surface area contributed by atoms with Crippen molar-refractivity contribution >= 4 is 28.9 Å². The number of aromatic nitrogens is 1. The molecule has 5 heteroatoms. The minimum Gasteiger partial charge on any atom is -0.476 e. The Morgan fingerprint density at radius 2 is 1.71 bits per heavy atom. The Kier molecular flexibility index (Phi) is 3.73. The maximum absolute atomic E-state index is 11.4. The molecule has 0 unspecified atom stereocenters. The molecule has 3 aromatic rings. The van der Waals surface area contributed by atoms with Gasteiger partial charge in [0.15, 0.2) is 5.69 Å². The maximum Gasteiger partial charge on any atom is 0.356 e. The number of rotatable bonds is 3. The summed E-state index contributed by atoms with van der Waals surface area (Å²) < 4.78 is 0. The molecule has 2 aromatic carbocycles. The average molecular weight is 316 g/mol. The van der Waals surface area contributed by atoms with Crippen LogP contribution in [0.2, 0.25) is 5.02 Å². The number of carboxylic acids is 1. The fourth-order valence-electron chi connectivity index (χ4n) is 2.00. The number of nitrogens with zero attached hydrogens (tertiary/aromatic N) is 1. The SMILES string of the molecule is O=C(O)c1nc(-c2ccccc2Cl)sc1-c1ccccc1. The molecule has 1 N–H and O–H groups in total. The fraction of sp³-hybridized carbons (Fsp3) is 0. The molecule has 0 fully saturated rings. The third-order valence-electron chi connectivity index (χ3n) is 2.97. The summed E-state index contributed by atoms with van der Waals surface area (Å²) in [6.45, 7) is 0. The highest BCUT2D eigenvalue weighted by molar-refractivity contribution is 7.18. The molecular weight excluding hydrogens is 306 g/mol. The fourth-order valence-corrected chi connectivity index (χ4v) is 3.38. The molecule has 0 aliphatic rings. The van der Waals surface area contributed by atoms with Crippen LogP contribution in [0.3, 0.4) is 0 Å². The van der Waals surface area contributed by atoms with E-state index in [-0.39, 0.29) is 5.69 Å². The quantitative estimate of drug-likeness (QED) is 0.753. The van der Waals surface area contributed by atoms with Crippen LogP contribution in [0.25, 0.3) is 21.0 Å². The lowest BCUT2D eigenvalue weighted by atomic mass is 10.1. The van der Waals surface area contributed by atoms with Gasteiger partial charge in [-0.2, -0.15) is 0 Å². The molecule has 1 aromatic heterocycles. The van der Waals surface area contributed by atoms with Crippen molar-refractivity contribution < 1.29 is 9.90 Å². The summed E-state index contributed by atoms with van der Waals surface area (Å²) in [4.78, 5) is 16.3. The highest BCUT2D eigenvalue weighted by Crippen LogP contribution is 2.37. The van der Waals surface area contributed by atoms with Crippen LogP contribution in [-0.2, 0) is 0 Å². The van der Waals surface area contributed by atoms with Crippen molar-refractivity contribution in [3.05, 3.63) is 65.3 Å². The Labute approximate surface area is 130 Å². The van der Waals surface area contributed by atoms with E-state index < -0.39 is 5.97 Å². The minimum atomic E-state index is -1.04. The van der Waals surface area contributed by atoms with Gasteiger partial charge in [0.1, 0.15) is 5.01 Å². The molecule has 1 heterocycles. The number of hydrogen-bond donors (Lipinski definition) is 1. The Bertz CT molecular complexity index is 799. The van der Waals surface area contributed by atoms with Gasteiger partial charge in [-0.3, -0.25) is 0 Å². The van der Waals surface area contributed by atoms with E-state index in [4.69, 9.17) is 11.6 Å². The second-order valence-electron chi connectivity index (χ2n) is 4.35. The van der Waals surface area contributed by atoms with Gasteiger partial charge in [0.05, 0.1) is 9.90 Å². The number of carbonyl (C=O) groups is 1. The minimum absolute atomic E-state index is 0.0566. The molecule has 0 saturated heterocycles. The molecule has 0 aliphatic heterocycles. The summed E-state index contributed by atoms with van der Waals surface area (Å²) in [7, 11) is 0. The molecular formula is C16H10ClNO2S. The van der Waals surface area contributed by atoms with Crippen LogP contribution in [0.5, 0.6) is 0 Å². The Balaban J connectivity index is 2.18. The number of hydrogen-bond acceptors (Lipinski definition) is 3. The van der Waals surface area contributed by atoms with E-state index in [1.165, 1.54) is 11.3 Å². The van der Waals surface area contributed by atoms with Crippen molar-refractivity contribution in [3.63, 3.8) is 0 Å². The Hall–Kier alpha value is -2.17. The van der Waals surface area contributed by atoms with Gasteiger partial charge in [0.2, 0.25) is 0 Å². The summed E-state index contributed by atoms with van der Waals surface area (Å²) in [5, 5.41) is 10.5.